The summed E-state index contributed by atoms with van der Waals surface area (Å²) < 4.78 is 0. The molecule has 0 bridgehead atoms. The van der Waals surface area contributed by atoms with Gasteiger partial charge < -0.3 is 0 Å². The smallest absolute Gasteiger partial charge is 0.0653 e. The fraction of sp³-hybridized carbons (Fsp3) is 0.708. The number of hydrogen-bond donors (Lipinski definition) is 0. The molecule has 0 fully saturated rings. The first kappa shape index (κ1) is 86.2. The Kier molecular flexibility index (Phi) is 80.1. The molecule has 0 aromatic heterocycles. The van der Waals surface area contributed by atoms with Crippen LogP contribution in [0.1, 0.15) is 220 Å². The van der Waals surface area contributed by atoms with Gasteiger partial charge in [0.25, 0.3) is 0 Å². The van der Waals surface area contributed by atoms with E-state index in [0.717, 1.165) is 25.7 Å². The number of benzene rings is 2. The van der Waals surface area contributed by atoms with Crippen LogP contribution < -0.4 is 0 Å². The number of rotatable bonds is 11. The van der Waals surface area contributed by atoms with Gasteiger partial charge in [-0.15, -0.1) is 0 Å². The molecule has 2 heteroatoms. The van der Waals surface area contributed by atoms with E-state index in [2.05, 4.69) is 122 Å². The Labute approximate surface area is 324 Å². The maximum absolute atomic E-state index is 8.78. The predicted octanol–water partition coefficient (Wildman–Crippen LogP) is 19.0. The first-order valence-corrected chi connectivity index (χ1v) is 14.7. The van der Waals surface area contributed by atoms with Gasteiger partial charge in [-0.25, -0.2) is 0 Å². The third-order valence-electron chi connectivity index (χ3n) is 7.84. The molecular weight excluding hydrogens is 605 g/mol. The molecule has 0 aliphatic rings. The summed E-state index contributed by atoms with van der Waals surface area (Å²) in [5, 5.41) is 17.3. The van der Waals surface area contributed by atoms with Gasteiger partial charge in [0, 0.05) is 11.8 Å². The van der Waals surface area contributed by atoms with Gasteiger partial charge >= 0.3 is 0 Å². The summed E-state index contributed by atoms with van der Waals surface area (Å²) in [6.07, 6.45) is 6.77. The Bertz CT molecular complexity index is 932. The molecule has 0 amide bonds. The highest BCUT2D eigenvalue weighted by molar-refractivity contribution is 5.20. The van der Waals surface area contributed by atoms with Crippen molar-refractivity contribution in [2.45, 2.75) is 209 Å². The van der Waals surface area contributed by atoms with Crippen molar-refractivity contribution in [3.05, 3.63) is 71.8 Å². The summed E-state index contributed by atoms with van der Waals surface area (Å²) in [7, 11) is 0. The van der Waals surface area contributed by atoms with Crippen LogP contribution in [0.3, 0.4) is 0 Å². The fourth-order valence-corrected chi connectivity index (χ4v) is 4.63. The number of hydrogen-bond acceptors (Lipinski definition) is 2. The first-order chi connectivity index (χ1) is 17.8. The van der Waals surface area contributed by atoms with Crippen molar-refractivity contribution in [1.82, 2.24) is 0 Å². The van der Waals surface area contributed by atoms with Crippen LogP contribution in [0.5, 0.6) is 0 Å². The molecule has 0 saturated carbocycles. The zero-order valence-corrected chi connectivity index (χ0v) is 26.2. The van der Waals surface area contributed by atoms with Crippen molar-refractivity contribution in [1.29, 1.82) is 10.5 Å². The van der Waals surface area contributed by atoms with Crippen molar-refractivity contribution < 1.29 is 0 Å². The first-order valence-electron chi connectivity index (χ1n) is 14.7. The van der Waals surface area contributed by atoms with Gasteiger partial charge in [0.1, 0.15) is 0 Å². The van der Waals surface area contributed by atoms with Crippen LogP contribution >= 0.6 is 0 Å². The maximum Gasteiger partial charge on any atom is 0.0653 e. The van der Waals surface area contributed by atoms with Gasteiger partial charge in [0.15, 0.2) is 0 Å². The highest BCUT2D eigenvalue weighted by Crippen LogP contribution is 2.33. The van der Waals surface area contributed by atoms with E-state index in [4.69, 9.17) is 10.5 Å². The van der Waals surface area contributed by atoms with Crippen LogP contribution in [0, 0.1) is 45.3 Å². The van der Waals surface area contributed by atoms with E-state index in [-0.39, 0.29) is 101 Å². The van der Waals surface area contributed by atoms with Gasteiger partial charge in [0.2, 0.25) is 0 Å². The van der Waals surface area contributed by atoms with E-state index in [0.29, 0.717) is 22.7 Å². The second kappa shape index (κ2) is 46.4. The van der Waals surface area contributed by atoms with Gasteiger partial charge in [0.05, 0.1) is 12.1 Å². The highest BCUT2D eigenvalue weighted by atomic mass is 14.3. The lowest BCUT2D eigenvalue weighted by Crippen LogP contribution is -2.13. The monoisotopic (exact) mass is 709 g/mol. The summed E-state index contributed by atoms with van der Waals surface area (Å²) in [4.78, 5) is 0. The van der Waals surface area contributed by atoms with Gasteiger partial charge in [-0.1, -0.05) is 218 Å². The topological polar surface area (TPSA) is 47.6 Å². The number of nitrogens with zero attached hydrogens (tertiary/aromatic N) is 2. The molecule has 0 N–H and O–H groups in total. The fourth-order valence-electron chi connectivity index (χ4n) is 4.63. The SMILES string of the molecule is C.C.C.C.C.C.C.C.C.C.C.C.CCC(C)(C)CC(C)C#N.CCC(C)(C)CC(C)c1ccccc1.CCC(CC(C)C#N)c1ccccc1. The molecule has 0 spiro atoms. The summed E-state index contributed by atoms with van der Waals surface area (Å²) in [6, 6.07) is 25.8. The minimum atomic E-state index is 0. The van der Waals surface area contributed by atoms with Crippen molar-refractivity contribution in [3.8, 4) is 12.1 Å². The van der Waals surface area contributed by atoms with Crippen LogP contribution in [0.4, 0.5) is 0 Å². The largest absolute Gasteiger partial charge is 0.198 e. The molecule has 0 heterocycles. The van der Waals surface area contributed by atoms with Crippen LogP contribution in [-0.4, -0.2) is 0 Å². The quantitative estimate of drug-likeness (QED) is 0.233. The molecule has 2 nitrogen and oxygen atoms in total. The summed E-state index contributed by atoms with van der Waals surface area (Å²) in [5.41, 5.74) is 3.64. The summed E-state index contributed by atoms with van der Waals surface area (Å²) in [5.74, 6) is 1.56. The highest BCUT2D eigenvalue weighted by Gasteiger charge is 2.20. The molecule has 0 saturated heterocycles. The molecule has 2 rings (SSSR count). The van der Waals surface area contributed by atoms with Crippen molar-refractivity contribution in [2.24, 2.45) is 22.7 Å². The molecule has 306 valence electrons. The lowest BCUT2D eigenvalue weighted by Gasteiger charge is -2.26. The standard InChI is InChI=1S/C14H22.C13H17N.C9H17N.12CH4/c1-5-14(3,4)11-12(2)13-9-7-6-8-10-13;1-3-12(9-11(2)10-14)13-7-5-4-6-8-13;1-5-9(3,4)6-8(2)7-10;;;;;;;;;;;;/h6-10,12H,5,11H2,1-4H3;4-8,11-12H,3,9H2,1-2H3;8H,5-6H2,1-4H3;12*1H4. The van der Waals surface area contributed by atoms with E-state index in [9.17, 15) is 0 Å². The van der Waals surface area contributed by atoms with Crippen LogP contribution in [0.25, 0.3) is 0 Å². The second-order valence-electron chi connectivity index (χ2n) is 12.6. The van der Waals surface area contributed by atoms with E-state index < -0.39 is 0 Å². The molecular formula is C48H104N2. The average Bonchev–Trinajstić information content (AvgIpc) is 2.92. The molecule has 4 unspecified atom stereocenters. The molecule has 0 radical (unpaired) electrons. The zero-order chi connectivity index (χ0) is 29.2. The van der Waals surface area contributed by atoms with Crippen LogP contribution in [0.2, 0.25) is 0 Å². The molecule has 4 atom stereocenters. The molecule has 0 aliphatic carbocycles. The molecule has 2 aromatic carbocycles. The molecule has 50 heavy (non-hydrogen) atoms. The van der Waals surface area contributed by atoms with Crippen LogP contribution in [0.15, 0.2) is 60.7 Å². The molecule has 2 aromatic rings. The Morgan fingerprint density at radius 2 is 0.820 bits per heavy atom. The zero-order valence-electron chi connectivity index (χ0n) is 26.2. The van der Waals surface area contributed by atoms with Crippen molar-refractivity contribution >= 4 is 0 Å². The lowest BCUT2D eigenvalue weighted by molar-refractivity contribution is 0.292. The van der Waals surface area contributed by atoms with E-state index in [1.54, 1.807) is 0 Å². The summed E-state index contributed by atoms with van der Waals surface area (Å²) >= 11 is 0. The predicted molar refractivity (Wildman–Crippen MR) is 247 cm³/mol. The third-order valence-corrected chi connectivity index (χ3v) is 7.84. The summed E-state index contributed by atoms with van der Waals surface area (Å²) in [6.45, 7) is 22.1. The van der Waals surface area contributed by atoms with E-state index in [1.807, 2.05) is 19.9 Å². The Morgan fingerprint density at radius 3 is 1.12 bits per heavy atom. The number of nitriles is 2. The van der Waals surface area contributed by atoms with Gasteiger partial charge in [-0.2, -0.15) is 10.5 Å². The average molecular weight is 709 g/mol. The van der Waals surface area contributed by atoms with Crippen LogP contribution in [-0.2, 0) is 0 Å². The maximum atomic E-state index is 8.78. The van der Waals surface area contributed by atoms with Gasteiger partial charge in [-0.05, 0) is 73.3 Å². The molecule has 0 aliphatic heterocycles. The lowest BCUT2D eigenvalue weighted by atomic mass is 9.79. The Hall–Kier alpha value is -2.58. The third kappa shape index (κ3) is 39.9. The second-order valence-corrected chi connectivity index (χ2v) is 12.6. The van der Waals surface area contributed by atoms with Gasteiger partial charge in [-0.3, -0.25) is 0 Å². The van der Waals surface area contributed by atoms with Crippen molar-refractivity contribution in [3.63, 3.8) is 0 Å². The normalized spacial score (nSPS) is 10.8. The minimum Gasteiger partial charge on any atom is -0.198 e. The minimum absolute atomic E-state index is 0. The Morgan fingerprint density at radius 1 is 0.500 bits per heavy atom. The van der Waals surface area contributed by atoms with Crippen molar-refractivity contribution in [2.75, 3.05) is 0 Å². The van der Waals surface area contributed by atoms with E-state index >= 15 is 0 Å². The van der Waals surface area contributed by atoms with E-state index in [1.165, 1.54) is 24.0 Å². The Balaban J connectivity index is -0.0000000337.